The molecule has 0 aromatic heterocycles. The molecule has 3 nitrogen and oxygen atoms in total. The number of rotatable bonds is 4. The smallest absolute Gasteiger partial charge is 0.344 e. The van der Waals surface area contributed by atoms with E-state index in [4.69, 9.17) is 27.9 Å². The van der Waals surface area contributed by atoms with Crippen LogP contribution in [0.2, 0.25) is 10.0 Å². The summed E-state index contributed by atoms with van der Waals surface area (Å²) in [5.74, 6) is -1.03. The molecule has 0 saturated heterocycles. The molecule has 0 heterocycles. The third kappa shape index (κ3) is 3.25. The molecule has 1 rings (SSSR count). The predicted molar refractivity (Wildman–Crippen MR) is 58.5 cm³/mol. The molecule has 1 aromatic carbocycles. The van der Waals surface area contributed by atoms with Gasteiger partial charge in [-0.2, -0.15) is 0 Å². The first-order valence-electron chi connectivity index (χ1n) is 4.48. The van der Waals surface area contributed by atoms with E-state index in [2.05, 4.69) is 4.74 Å². The van der Waals surface area contributed by atoms with Crippen molar-refractivity contribution in [3.05, 3.63) is 28.0 Å². The summed E-state index contributed by atoms with van der Waals surface area (Å²) in [6, 6.07) is 2.40. The number of hydrogen-bond donors (Lipinski definition) is 0. The minimum atomic E-state index is -0.643. The molecule has 88 valence electrons. The Labute approximate surface area is 102 Å². The van der Waals surface area contributed by atoms with E-state index in [9.17, 15) is 9.18 Å². The number of esters is 1. The highest BCUT2D eigenvalue weighted by Gasteiger charge is 2.12. The Bertz CT molecular complexity index is 396. The number of hydrogen-bond acceptors (Lipinski definition) is 3. The number of ether oxygens (including phenoxy) is 2. The SMILES string of the molecule is CCOC(=O)COc1ccc(F)c(Cl)c1Cl. The molecular formula is C10H9Cl2FO3. The largest absolute Gasteiger partial charge is 0.480 e. The van der Waals surface area contributed by atoms with Crippen molar-refractivity contribution in [2.75, 3.05) is 13.2 Å². The molecule has 0 fully saturated rings. The Morgan fingerprint density at radius 2 is 2.06 bits per heavy atom. The molecule has 16 heavy (non-hydrogen) atoms. The standard InChI is InChI=1S/C10H9Cl2FO3/c1-2-15-8(14)5-16-7-4-3-6(13)9(11)10(7)12/h3-4H,2,5H2,1H3. The molecule has 0 bridgehead atoms. The molecular weight excluding hydrogens is 258 g/mol. The molecule has 0 unspecified atom stereocenters. The summed E-state index contributed by atoms with van der Waals surface area (Å²) in [5.41, 5.74) is 0. The average molecular weight is 267 g/mol. The first-order valence-corrected chi connectivity index (χ1v) is 5.23. The second-order valence-electron chi connectivity index (χ2n) is 2.77. The number of halogens is 3. The van der Waals surface area contributed by atoms with Gasteiger partial charge in [0.15, 0.2) is 6.61 Å². The van der Waals surface area contributed by atoms with Crippen LogP contribution in [0.5, 0.6) is 5.75 Å². The van der Waals surface area contributed by atoms with Crippen molar-refractivity contribution in [3.8, 4) is 5.75 Å². The van der Waals surface area contributed by atoms with Gasteiger partial charge in [-0.1, -0.05) is 23.2 Å². The Morgan fingerprint density at radius 1 is 1.38 bits per heavy atom. The maximum Gasteiger partial charge on any atom is 0.344 e. The fourth-order valence-electron chi connectivity index (χ4n) is 0.959. The van der Waals surface area contributed by atoms with Crippen LogP contribution in [0.15, 0.2) is 12.1 Å². The zero-order chi connectivity index (χ0) is 12.1. The van der Waals surface area contributed by atoms with Crippen LogP contribution in [0.4, 0.5) is 4.39 Å². The van der Waals surface area contributed by atoms with Crippen LogP contribution in [-0.2, 0) is 9.53 Å². The minimum Gasteiger partial charge on any atom is -0.480 e. The first kappa shape index (κ1) is 13.1. The summed E-state index contributed by atoms with van der Waals surface area (Å²) in [6.07, 6.45) is 0. The van der Waals surface area contributed by atoms with Crippen LogP contribution in [0.1, 0.15) is 6.92 Å². The van der Waals surface area contributed by atoms with Crippen LogP contribution in [0.3, 0.4) is 0 Å². The van der Waals surface area contributed by atoms with Gasteiger partial charge in [-0.25, -0.2) is 9.18 Å². The van der Waals surface area contributed by atoms with Crippen molar-refractivity contribution in [2.24, 2.45) is 0 Å². The van der Waals surface area contributed by atoms with Crippen molar-refractivity contribution in [1.82, 2.24) is 0 Å². The van der Waals surface area contributed by atoms with Crippen LogP contribution < -0.4 is 4.74 Å². The molecule has 0 N–H and O–H groups in total. The van der Waals surface area contributed by atoms with Gasteiger partial charge in [-0.15, -0.1) is 0 Å². The lowest BCUT2D eigenvalue weighted by molar-refractivity contribution is -0.145. The number of carbonyl (C=O) groups excluding carboxylic acids is 1. The molecule has 0 spiro atoms. The molecule has 6 heteroatoms. The zero-order valence-corrected chi connectivity index (χ0v) is 9.94. The molecule has 0 aliphatic rings. The molecule has 0 atom stereocenters. The van der Waals surface area contributed by atoms with E-state index in [1.807, 2.05) is 0 Å². The van der Waals surface area contributed by atoms with Gasteiger partial charge in [-0.3, -0.25) is 0 Å². The van der Waals surface area contributed by atoms with E-state index in [1.54, 1.807) is 6.92 Å². The lowest BCUT2D eigenvalue weighted by atomic mass is 10.3. The fraction of sp³-hybridized carbons (Fsp3) is 0.300. The Balaban J connectivity index is 2.68. The predicted octanol–water partition coefficient (Wildman–Crippen LogP) is 3.07. The number of benzene rings is 1. The van der Waals surface area contributed by atoms with Gasteiger partial charge in [0.25, 0.3) is 0 Å². The summed E-state index contributed by atoms with van der Waals surface area (Å²) in [4.78, 5) is 11.0. The van der Waals surface area contributed by atoms with Gasteiger partial charge in [0.05, 0.1) is 11.6 Å². The normalized spacial score (nSPS) is 10.0. The van der Waals surface area contributed by atoms with E-state index in [0.29, 0.717) is 0 Å². The van der Waals surface area contributed by atoms with Gasteiger partial charge >= 0.3 is 5.97 Å². The summed E-state index contributed by atoms with van der Waals surface area (Å²) >= 11 is 11.3. The highest BCUT2D eigenvalue weighted by Crippen LogP contribution is 2.33. The Kier molecular flexibility index (Phi) is 4.83. The molecule has 1 aromatic rings. The van der Waals surface area contributed by atoms with E-state index in [0.717, 1.165) is 6.07 Å². The molecule has 0 saturated carbocycles. The lowest BCUT2D eigenvalue weighted by Crippen LogP contribution is -2.14. The van der Waals surface area contributed by atoms with Crippen LogP contribution >= 0.6 is 23.2 Å². The van der Waals surface area contributed by atoms with Gasteiger partial charge in [0, 0.05) is 0 Å². The summed E-state index contributed by atoms with van der Waals surface area (Å²) in [5, 5.41) is -0.297. The van der Waals surface area contributed by atoms with E-state index in [-0.39, 0.29) is 29.0 Å². The highest BCUT2D eigenvalue weighted by atomic mass is 35.5. The van der Waals surface area contributed by atoms with E-state index < -0.39 is 11.8 Å². The highest BCUT2D eigenvalue weighted by molar-refractivity contribution is 6.43. The maximum absolute atomic E-state index is 12.9. The molecule has 0 aliphatic heterocycles. The van der Waals surface area contributed by atoms with Gasteiger partial charge < -0.3 is 9.47 Å². The molecule has 0 amide bonds. The first-order chi connectivity index (χ1) is 7.56. The van der Waals surface area contributed by atoms with Gasteiger partial charge in [0.2, 0.25) is 0 Å². The second kappa shape index (κ2) is 5.92. The molecule has 0 aliphatic carbocycles. The van der Waals surface area contributed by atoms with E-state index >= 15 is 0 Å². The summed E-state index contributed by atoms with van der Waals surface area (Å²) < 4.78 is 22.6. The van der Waals surface area contributed by atoms with Crippen LogP contribution in [-0.4, -0.2) is 19.2 Å². The third-order valence-corrected chi connectivity index (χ3v) is 2.49. The Hall–Kier alpha value is -1.00. The quantitative estimate of drug-likeness (QED) is 0.621. The topological polar surface area (TPSA) is 35.5 Å². The summed E-state index contributed by atoms with van der Waals surface area (Å²) in [6.45, 7) is 1.65. The van der Waals surface area contributed by atoms with Crippen LogP contribution in [0.25, 0.3) is 0 Å². The Morgan fingerprint density at radius 3 is 2.69 bits per heavy atom. The van der Waals surface area contributed by atoms with Gasteiger partial charge in [-0.05, 0) is 19.1 Å². The second-order valence-corrected chi connectivity index (χ2v) is 3.52. The fourth-order valence-corrected chi connectivity index (χ4v) is 1.32. The monoisotopic (exact) mass is 266 g/mol. The molecule has 0 radical (unpaired) electrons. The van der Waals surface area contributed by atoms with Crippen molar-refractivity contribution in [3.63, 3.8) is 0 Å². The van der Waals surface area contributed by atoms with Crippen molar-refractivity contribution >= 4 is 29.2 Å². The summed E-state index contributed by atoms with van der Waals surface area (Å²) in [7, 11) is 0. The average Bonchev–Trinajstić information content (AvgIpc) is 2.25. The van der Waals surface area contributed by atoms with E-state index in [1.165, 1.54) is 6.07 Å². The third-order valence-electron chi connectivity index (χ3n) is 1.65. The lowest BCUT2D eigenvalue weighted by Gasteiger charge is -2.08. The maximum atomic E-state index is 12.9. The van der Waals surface area contributed by atoms with Crippen molar-refractivity contribution in [2.45, 2.75) is 6.92 Å². The van der Waals surface area contributed by atoms with Crippen molar-refractivity contribution in [1.29, 1.82) is 0 Å². The minimum absolute atomic E-state index is 0.0639. The number of carbonyl (C=O) groups is 1. The van der Waals surface area contributed by atoms with Gasteiger partial charge in [0.1, 0.15) is 16.6 Å². The van der Waals surface area contributed by atoms with Crippen molar-refractivity contribution < 1.29 is 18.7 Å². The zero-order valence-electron chi connectivity index (χ0n) is 8.43. The van der Waals surface area contributed by atoms with Crippen LogP contribution in [0, 0.1) is 5.82 Å².